The molecule has 3 N–H and O–H groups in total. The number of nitrogens with zero attached hydrogens (tertiary/aromatic N) is 3. The Morgan fingerprint density at radius 1 is 1.14 bits per heavy atom. The van der Waals surface area contributed by atoms with Crippen molar-refractivity contribution in [2.45, 2.75) is 39.2 Å². The summed E-state index contributed by atoms with van der Waals surface area (Å²) in [4.78, 5) is 11.9. The first-order valence-electron chi connectivity index (χ1n) is 10.7. The highest BCUT2D eigenvalue weighted by atomic mass is 15.2. The second kappa shape index (κ2) is 10.9. The van der Waals surface area contributed by atoms with Gasteiger partial charge in [-0.2, -0.15) is 0 Å². The van der Waals surface area contributed by atoms with E-state index in [2.05, 4.69) is 51.8 Å². The van der Waals surface area contributed by atoms with Crippen LogP contribution in [0.5, 0.6) is 0 Å². The van der Waals surface area contributed by atoms with Crippen molar-refractivity contribution in [3.8, 4) is 0 Å². The van der Waals surface area contributed by atoms with Crippen LogP contribution in [0.15, 0.2) is 41.4 Å². The number of hydrogen-bond donors (Lipinski definition) is 3. The fraction of sp³-hybridized carbons (Fsp3) is 0.545. The monoisotopic (exact) mass is 382 g/mol. The number of para-hydroxylation sites is 1. The summed E-state index contributed by atoms with van der Waals surface area (Å²) in [7, 11) is 0. The molecule has 0 atom stereocenters. The van der Waals surface area contributed by atoms with Crippen molar-refractivity contribution in [2.75, 3.05) is 44.6 Å². The molecule has 0 saturated carbocycles. The van der Waals surface area contributed by atoms with Gasteiger partial charge in [-0.05, 0) is 50.9 Å². The lowest BCUT2D eigenvalue weighted by atomic mass is 10.1. The normalized spacial score (nSPS) is 16.3. The second-order valence-corrected chi connectivity index (χ2v) is 7.34. The third-order valence-electron chi connectivity index (χ3n) is 5.10. The molecule has 1 saturated heterocycles. The van der Waals surface area contributed by atoms with Gasteiger partial charge >= 0.3 is 0 Å². The molecule has 6 nitrogen and oxygen atoms in total. The summed E-state index contributed by atoms with van der Waals surface area (Å²) in [6.07, 6.45) is 3.61. The van der Waals surface area contributed by atoms with Crippen LogP contribution in [0.1, 0.15) is 33.1 Å². The van der Waals surface area contributed by atoms with Gasteiger partial charge in [-0.15, -0.1) is 0 Å². The van der Waals surface area contributed by atoms with Gasteiger partial charge in [0.1, 0.15) is 5.82 Å². The van der Waals surface area contributed by atoms with E-state index < -0.39 is 0 Å². The first kappa shape index (κ1) is 20.4. The zero-order chi connectivity index (χ0) is 19.6. The smallest absolute Gasteiger partial charge is 0.191 e. The number of hydrogen-bond acceptors (Lipinski definition) is 4. The van der Waals surface area contributed by atoms with Crippen molar-refractivity contribution in [3.63, 3.8) is 0 Å². The van der Waals surface area contributed by atoms with Gasteiger partial charge in [0.2, 0.25) is 0 Å². The minimum Gasteiger partial charge on any atom is -0.368 e. The van der Waals surface area contributed by atoms with Gasteiger partial charge in [0, 0.05) is 37.6 Å². The molecule has 0 bridgehead atoms. The number of piperidine rings is 1. The van der Waals surface area contributed by atoms with Crippen molar-refractivity contribution < 1.29 is 0 Å². The molecule has 0 amide bonds. The number of anilines is 1. The largest absolute Gasteiger partial charge is 0.368 e. The molecule has 1 aliphatic rings. The number of benzene rings is 1. The molecule has 0 spiro atoms. The van der Waals surface area contributed by atoms with E-state index in [1.165, 1.54) is 38.9 Å². The van der Waals surface area contributed by atoms with Gasteiger partial charge in [0.15, 0.2) is 5.96 Å². The molecule has 28 heavy (non-hydrogen) atoms. The first-order chi connectivity index (χ1) is 13.8. The van der Waals surface area contributed by atoms with Crippen LogP contribution in [-0.4, -0.2) is 61.2 Å². The molecule has 2 aromatic rings. The minimum atomic E-state index is 0.515. The maximum atomic E-state index is 4.73. The quantitative estimate of drug-likeness (QED) is 0.372. The first-order valence-corrected chi connectivity index (χ1v) is 10.7. The lowest BCUT2D eigenvalue weighted by molar-refractivity contribution is 0.206. The molecule has 1 aromatic heterocycles. The lowest BCUT2D eigenvalue weighted by Gasteiger charge is -2.32. The molecule has 2 heterocycles. The zero-order valence-corrected chi connectivity index (χ0v) is 17.2. The maximum Gasteiger partial charge on any atom is 0.191 e. The average molecular weight is 383 g/mol. The van der Waals surface area contributed by atoms with Crippen molar-refractivity contribution in [2.24, 2.45) is 4.99 Å². The molecule has 3 rings (SSSR count). The minimum absolute atomic E-state index is 0.515. The Morgan fingerprint density at radius 3 is 2.75 bits per heavy atom. The maximum absolute atomic E-state index is 4.73. The highest BCUT2D eigenvalue weighted by Gasteiger charge is 2.19. The number of aliphatic imine (C=N–C) groups is 1. The van der Waals surface area contributed by atoms with E-state index in [-0.39, 0.29) is 0 Å². The van der Waals surface area contributed by atoms with Gasteiger partial charge in [0.25, 0.3) is 0 Å². The van der Waals surface area contributed by atoms with E-state index in [9.17, 15) is 0 Å². The SMILES string of the molecule is CCCN1CCC(NC(=NCCNc2ccc3ccccc3n2)NCC)CC1. The van der Waals surface area contributed by atoms with Crippen molar-refractivity contribution in [3.05, 3.63) is 36.4 Å². The molecular formula is C22H34N6. The summed E-state index contributed by atoms with van der Waals surface area (Å²) in [5.74, 6) is 1.82. The van der Waals surface area contributed by atoms with E-state index >= 15 is 0 Å². The summed E-state index contributed by atoms with van der Waals surface area (Å²) < 4.78 is 0. The van der Waals surface area contributed by atoms with Crippen molar-refractivity contribution >= 4 is 22.7 Å². The Kier molecular flexibility index (Phi) is 7.91. The summed E-state index contributed by atoms with van der Waals surface area (Å²) >= 11 is 0. The zero-order valence-electron chi connectivity index (χ0n) is 17.2. The summed E-state index contributed by atoms with van der Waals surface area (Å²) in [5, 5.41) is 11.5. The van der Waals surface area contributed by atoms with Gasteiger partial charge in [-0.1, -0.05) is 25.1 Å². The van der Waals surface area contributed by atoms with Gasteiger partial charge in [-0.25, -0.2) is 4.98 Å². The highest BCUT2D eigenvalue weighted by molar-refractivity contribution is 5.80. The van der Waals surface area contributed by atoms with Gasteiger partial charge in [0.05, 0.1) is 12.1 Å². The van der Waals surface area contributed by atoms with Crippen LogP contribution in [0, 0.1) is 0 Å². The van der Waals surface area contributed by atoms with Crippen LogP contribution in [0.4, 0.5) is 5.82 Å². The van der Waals surface area contributed by atoms with E-state index in [4.69, 9.17) is 4.99 Å². The molecule has 152 valence electrons. The number of likely N-dealkylation sites (tertiary alicyclic amines) is 1. The summed E-state index contributed by atoms with van der Waals surface area (Å²) in [6, 6.07) is 12.8. The number of nitrogens with one attached hydrogen (secondary N) is 3. The predicted octanol–water partition coefficient (Wildman–Crippen LogP) is 3.08. The van der Waals surface area contributed by atoms with Crippen LogP contribution in [-0.2, 0) is 0 Å². The Labute approximate surface area is 168 Å². The highest BCUT2D eigenvalue weighted by Crippen LogP contribution is 2.14. The van der Waals surface area contributed by atoms with Crippen LogP contribution >= 0.6 is 0 Å². The van der Waals surface area contributed by atoms with E-state index in [0.717, 1.165) is 35.8 Å². The Hall–Kier alpha value is -2.34. The Bertz CT molecular complexity index is 752. The molecule has 1 aromatic carbocycles. The summed E-state index contributed by atoms with van der Waals surface area (Å²) in [6.45, 7) is 10.3. The number of rotatable bonds is 8. The predicted molar refractivity (Wildman–Crippen MR) is 119 cm³/mol. The second-order valence-electron chi connectivity index (χ2n) is 7.34. The third-order valence-corrected chi connectivity index (χ3v) is 5.10. The molecule has 0 unspecified atom stereocenters. The molecule has 1 aliphatic heterocycles. The standard InChI is InChI=1S/C22H34N6/c1-3-15-28-16-11-19(12-17-28)26-22(23-4-2)25-14-13-24-21-10-9-18-7-5-6-8-20(18)27-21/h5-10,19H,3-4,11-17H2,1-2H3,(H,24,27)(H2,23,25,26). The van der Waals surface area contributed by atoms with Crippen LogP contribution < -0.4 is 16.0 Å². The van der Waals surface area contributed by atoms with Crippen LogP contribution in [0.25, 0.3) is 10.9 Å². The van der Waals surface area contributed by atoms with E-state index in [1.54, 1.807) is 0 Å². The van der Waals surface area contributed by atoms with Crippen molar-refractivity contribution in [1.29, 1.82) is 0 Å². The fourth-order valence-corrected chi connectivity index (χ4v) is 3.65. The van der Waals surface area contributed by atoms with Gasteiger partial charge in [-0.3, -0.25) is 4.99 Å². The topological polar surface area (TPSA) is 64.6 Å². The third kappa shape index (κ3) is 6.09. The number of guanidine groups is 1. The molecular weight excluding hydrogens is 348 g/mol. The van der Waals surface area contributed by atoms with Crippen molar-refractivity contribution in [1.82, 2.24) is 20.5 Å². The Morgan fingerprint density at radius 2 is 1.96 bits per heavy atom. The fourth-order valence-electron chi connectivity index (χ4n) is 3.65. The van der Waals surface area contributed by atoms with Gasteiger partial charge < -0.3 is 20.9 Å². The van der Waals surface area contributed by atoms with Crippen LogP contribution in [0.3, 0.4) is 0 Å². The average Bonchev–Trinajstić information content (AvgIpc) is 2.73. The van der Waals surface area contributed by atoms with Crippen LogP contribution in [0.2, 0.25) is 0 Å². The number of fused-ring (bicyclic) bond motifs is 1. The molecule has 0 aliphatic carbocycles. The Balaban J connectivity index is 1.46. The van der Waals surface area contributed by atoms with E-state index in [1.807, 2.05) is 24.3 Å². The molecule has 1 fully saturated rings. The number of pyridine rings is 1. The summed E-state index contributed by atoms with van der Waals surface area (Å²) in [5.41, 5.74) is 1.01. The lowest BCUT2D eigenvalue weighted by Crippen LogP contribution is -2.48. The number of aromatic nitrogens is 1. The molecule has 0 radical (unpaired) electrons. The molecule has 6 heteroatoms. The van der Waals surface area contributed by atoms with E-state index in [0.29, 0.717) is 12.6 Å².